The summed E-state index contributed by atoms with van der Waals surface area (Å²) in [5, 5.41) is 26.0. The molecule has 0 amide bonds. The fourth-order valence-electron chi connectivity index (χ4n) is 1.29. The molecule has 0 fully saturated rings. The first-order valence-corrected chi connectivity index (χ1v) is 7.74. The average Bonchev–Trinajstić information content (AvgIpc) is 2.52. The van der Waals surface area contributed by atoms with Crippen molar-refractivity contribution in [3.05, 3.63) is 32.2 Å². The van der Waals surface area contributed by atoms with E-state index >= 15 is 0 Å². The monoisotopic (exact) mass is 424 g/mol. The second-order valence-corrected chi connectivity index (χ2v) is 6.17. The molecule has 0 spiro atoms. The zero-order valence-corrected chi connectivity index (χ0v) is 14.7. The highest BCUT2D eigenvalue weighted by atomic mass is 79.9. The van der Waals surface area contributed by atoms with E-state index in [4.69, 9.17) is 15.3 Å². The number of aliphatic hydroxyl groups excluding tert-OH is 3. The summed E-state index contributed by atoms with van der Waals surface area (Å²) in [4.78, 5) is 21.0. The zero-order valence-electron chi connectivity index (χ0n) is 11.6. The standard InChI is InChI=1S/C8H4Br2O2.C6H14O3/c9-7-1-5(3-11)8(10)6(2-7)4-12;1-2-6(3-7,4-8)5-9/h1-4H;7-9H,2-5H2,1H3. The van der Waals surface area contributed by atoms with Gasteiger partial charge in [-0.1, -0.05) is 22.9 Å². The highest BCUT2D eigenvalue weighted by molar-refractivity contribution is 9.11. The summed E-state index contributed by atoms with van der Waals surface area (Å²) in [6.07, 6.45) is 1.99. The first kappa shape index (κ1) is 20.4. The Balaban J connectivity index is 0.000000400. The van der Waals surface area contributed by atoms with Crippen molar-refractivity contribution in [3.63, 3.8) is 0 Å². The van der Waals surface area contributed by atoms with E-state index in [1.165, 1.54) is 0 Å². The average molecular weight is 426 g/mol. The van der Waals surface area contributed by atoms with Crippen LogP contribution in [0.4, 0.5) is 0 Å². The Hall–Kier alpha value is -0.600. The van der Waals surface area contributed by atoms with Gasteiger partial charge in [-0.2, -0.15) is 0 Å². The lowest BCUT2D eigenvalue weighted by Crippen LogP contribution is -2.32. The molecule has 0 heterocycles. The van der Waals surface area contributed by atoms with Crippen LogP contribution in [0.5, 0.6) is 0 Å². The summed E-state index contributed by atoms with van der Waals surface area (Å²) in [6, 6.07) is 3.29. The Labute approximate surface area is 140 Å². The summed E-state index contributed by atoms with van der Waals surface area (Å²) in [5.74, 6) is 0. The van der Waals surface area contributed by atoms with Crippen LogP contribution in [-0.2, 0) is 0 Å². The fraction of sp³-hybridized carbons (Fsp3) is 0.429. The van der Waals surface area contributed by atoms with E-state index in [-0.39, 0.29) is 19.8 Å². The summed E-state index contributed by atoms with van der Waals surface area (Å²) >= 11 is 6.34. The van der Waals surface area contributed by atoms with Gasteiger partial charge in [0.25, 0.3) is 0 Å². The van der Waals surface area contributed by atoms with Crippen molar-refractivity contribution in [2.75, 3.05) is 19.8 Å². The van der Waals surface area contributed by atoms with E-state index in [1.807, 2.05) is 6.92 Å². The van der Waals surface area contributed by atoms with Crippen molar-refractivity contribution in [2.45, 2.75) is 13.3 Å². The van der Waals surface area contributed by atoms with Crippen LogP contribution in [0, 0.1) is 5.41 Å². The van der Waals surface area contributed by atoms with E-state index in [9.17, 15) is 9.59 Å². The van der Waals surface area contributed by atoms with Gasteiger partial charge in [0.15, 0.2) is 12.6 Å². The van der Waals surface area contributed by atoms with Gasteiger partial charge in [0.1, 0.15) is 0 Å². The molecule has 1 aromatic carbocycles. The third-order valence-electron chi connectivity index (χ3n) is 3.10. The Kier molecular flexibility index (Phi) is 9.89. The number of hydrogen-bond acceptors (Lipinski definition) is 5. The molecule has 118 valence electrons. The molecule has 0 radical (unpaired) electrons. The van der Waals surface area contributed by atoms with Crippen LogP contribution in [0.3, 0.4) is 0 Å². The maximum Gasteiger partial charge on any atom is 0.151 e. The number of rotatable bonds is 6. The molecular weight excluding hydrogens is 408 g/mol. The highest BCUT2D eigenvalue weighted by Gasteiger charge is 2.24. The highest BCUT2D eigenvalue weighted by Crippen LogP contribution is 2.24. The van der Waals surface area contributed by atoms with Crippen LogP contribution in [0.15, 0.2) is 21.1 Å². The van der Waals surface area contributed by atoms with Gasteiger partial charge in [-0.25, -0.2) is 0 Å². The summed E-state index contributed by atoms with van der Waals surface area (Å²) < 4.78 is 1.26. The van der Waals surface area contributed by atoms with Crippen molar-refractivity contribution in [1.29, 1.82) is 0 Å². The largest absolute Gasteiger partial charge is 0.396 e. The molecule has 3 N–H and O–H groups in total. The van der Waals surface area contributed by atoms with Crippen LogP contribution in [0.25, 0.3) is 0 Å². The molecule has 0 aliphatic carbocycles. The van der Waals surface area contributed by atoms with Gasteiger partial charge in [0, 0.05) is 25.5 Å². The molecule has 0 aromatic heterocycles. The Morgan fingerprint density at radius 3 is 1.57 bits per heavy atom. The van der Waals surface area contributed by atoms with Gasteiger partial charge in [-0.3, -0.25) is 9.59 Å². The number of benzene rings is 1. The van der Waals surface area contributed by atoms with E-state index in [0.717, 1.165) is 4.47 Å². The second kappa shape index (κ2) is 10.2. The smallest absolute Gasteiger partial charge is 0.151 e. The molecule has 5 nitrogen and oxygen atoms in total. The van der Waals surface area contributed by atoms with E-state index < -0.39 is 5.41 Å². The molecule has 0 atom stereocenters. The van der Waals surface area contributed by atoms with E-state index in [0.29, 0.717) is 34.6 Å². The number of hydrogen-bond donors (Lipinski definition) is 3. The van der Waals surface area contributed by atoms with Crippen LogP contribution in [0.1, 0.15) is 34.1 Å². The molecule has 7 heteroatoms. The van der Waals surface area contributed by atoms with Gasteiger partial charge in [-0.05, 0) is 34.5 Å². The van der Waals surface area contributed by atoms with E-state index in [2.05, 4.69) is 31.9 Å². The molecule has 0 saturated carbocycles. The summed E-state index contributed by atoms with van der Waals surface area (Å²) in [5.41, 5.74) is 0.262. The molecule has 1 rings (SSSR count). The number of carbonyl (C=O) groups excluding carboxylic acids is 2. The van der Waals surface area contributed by atoms with Crippen LogP contribution < -0.4 is 0 Å². The third-order valence-corrected chi connectivity index (χ3v) is 4.48. The van der Waals surface area contributed by atoms with Gasteiger partial charge < -0.3 is 15.3 Å². The Morgan fingerprint density at radius 2 is 1.38 bits per heavy atom. The topological polar surface area (TPSA) is 94.8 Å². The Bertz CT molecular complexity index is 426. The van der Waals surface area contributed by atoms with Gasteiger partial charge in [-0.15, -0.1) is 0 Å². The van der Waals surface area contributed by atoms with Crippen molar-refractivity contribution < 1.29 is 24.9 Å². The number of aldehydes is 2. The lowest BCUT2D eigenvalue weighted by molar-refractivity contribution is 0.00304. The lowest BCUT2D eigenvalue weighted by atomic mass is 9.88. The van der Waals surface area contributed by atoms with Crippen molar-refractivity contribution >= 4 is 44.4 Å². The predicted octanol–water partition coefficient (Wildman–Crippen LogP) is 2.20. The van der Waals surface area contributed by atoms with Gasteiger partial charge >= 0.3 is 0 Å². The molecule has 0 aliphatic heterocycles. The lowest BCUT2D eigenvalue weighted by Gasteiger charge is -2.24. The van der Waals surface area contributed by atoms with Crippen molar-refractivity contribution in [3.8, 4) is 0 Å². The van der Waals surface area contributed by atoms with Gasteiger partial charge in [0.2, 0.25) is 0 Å². The minimum atomic E-state index is -0.667. The maximum absolute atomic E-state index is 10.5. The fourth-order valence-corrected chi connectivity index (χ4v) is 2.20. The molecule has 0 bridgehead atoms. The quantitative estimate of drug-likeness (QED) is 0.607. The van der Waals surface area contributed by atoms with Crippen LogP contribution in [-0.4, -0.2) is 47.7 Å². The van der Waals surface area contributed by atoms with Crippen molar-refractivity contribution in [2.24, 2.45) is 5.41 Å². The van der Waals surface area contributed by atoms with Gasteiger partial charge in [0.05, 0.1) is 19.8 Å². The summed E-state index contributed by atoms with van der Waals surface area (Å²) in [7, 11) is 0. The molecule has 0 aliphatic rings. The molecular formula is C14H18Br2O5. The normalized spacial score (nSPS) is 10.6. The van der Waals surface area contributed by atoms with Crippen LogP contribution in [0.2, 0.25) is 0 Å². The second-order valence-electron chi connectivity index (χ2n) is 4.46. The molecule has 0 unspecified atom stereocenters. The number of halogens is 2. The van der Waals surface area contributed by atoms with Crippen molar-refractivity contribution in [1.82, 2.24) is 0 Å². The number of carbonyl (C=O) groups is 2. The first-order chi connectivity index (χ1) is 9.93. The Morgan fingerprint density at radius 1 is 1.00 bits per heavy atom. The third kappa shape index (κ3) is 5.96. The van der Waals surface area contributed by atoms with Crippen LogP contribution >= 0.6 is 31.9 Å². The summed E-state index contributed by atoms with van der Waals surface area (Å²) in [6.45, 7) is 1.35. The SMILES string of the molecule is CCC(CO)(CO)CO.O=Cc1cc(Br)cc(C=O)c1Br. The molecule has 0 saturated heterocycles. The molecule has 21 heavy (non-hydrogen) atoms. The first-order valence-electron chi connectivity index (χ1n) is 6.15. The minimum Gasteiger partial charge on any atom is -0.396 e. The molecule has 1 aromatic rings. The van der Waals surface area contributed by atoms with E-state index in [1.54, 1.807) is 12.1 Å². The predicted molar refractivity (Wildman–Crippen MR) is 86.6 cm³/mol. The minimum absolute atomic E-state index is 0.156. The number of aliphatic hydroxyl groups is 3. The maximum atomic E-state index is 10.5. The zero-order chi connectivity index (χ0) is 16.5.